The molecule has 0 radical (unpaired) electrons. The number of halogens is 3. The van der Waals surface area contributed by atoms with Crippen molar-refractivity contribution in [3.8, 4) is 0 Å². The summed E-state index contributed by atoms with van der Waals surface area (Å²) in [7, 11) is 0. The van der Waals surface area contributed by atoms with Crippen LogP contribution in [0.2, 0.25) is 0 Å². The van der Waals surface area contributed by atoms with Gasteiger partial charge in [-0.05, 0) is 19.3 Å². The van der Waals surface area contributed by atoms with Gasteiger partial charge in [0.1, 0.15) is 0 Å². The maximum Gasteiger partial charge on any atom is 0.392 e. The van der Waals surface area contributed by atoms with Crippen LogP contribution < -0.4 is 11.1 Å². The molecule has 112 valence electrons. The second-order valence-electron chi connectivity index (χ2n) is 5.27. The predicted molar refractivity (Wildman–Crippen MR) is 67.4 cm³/mol. The van der Waals surface area contributed by atoms with Crippen molar-refractivity contribution < 1.29 is 18.0 Å². The fraction of sp³-hybridized carbons (Fsp3) is 0.923. The Kier molecular flexibility index (Phi) is 6.10. The summed E-state index contributed by atoms with van der Waals surface area (Å²) in [5.41, 5.74) is 5.52. The molecule has 1 rings (SSSR count). The monoisotopic (exact) mass is 280 g/mol. The Morgan fingerprint density at radius 3 is 2.53 bits per heavy atom. The van der Waals surface area contributed by atoms with Crippen molar-refractivity contribution in [2.24, 2.45) is 17.6 Å². The van der Waals surface area contributed by atoms with Gasteiger partial charge < -0.3 is 11.1 Å². The predicted octanol–water partition coefficient (Wildman–Crippen LogP) is 2.60. The summed E-state index contributed by atoms with van der Waals surface area (Å²) >= 11 is 0. The highest BCUT2D eigenvalue weighted by atomic mass is 19.4. The van der Waals surface area contributed by atoms with Gasteiger partial charge in [0.25, 0.3) is 0 Å². The van der Waals surface area contributed by atoms with E-state index in [4.69, 9.17) is 5.73 Å². The number of nitrogens with one attached hydrogen (secondary N) is 1. The third kappa shape index (κ3) is 4.67. The fourth-order valence-electron chi connectivity index (χ4n) is 2.74. The van der Waals surface area contributed by atoms with Crippen LogP contribution in [0.25, 0.3) is 0 Å². The summed E-state index contributed by atoms with van der Waals surface area (Å²) in [5, 5.41) is 2.68. The van der Waals surface area contributed by atoms with Gasteiger partial charge in [-0.25, -0.2) is 0 Å². The number of alkyl halides is 3. The van der Waals surface area contributed by atoms with Crippen LogP contribution in [0.5, 0.6) is 0 Å². The van der Waals surface area contributed by atoms with Crippen molar-refractivity contribution in [2.45, 2.75) is 57.7 Å². The van der Waals surface area contributed by atoms with Crippen LogP contribution in [-0.4, -0.2) is 24.7 Å². The molecule has 1 amide bonds. The standard InChI is InChI=1S/C13H23F3N2O/c1-2-5-9(8-17)18-12(19)10-6-3-4-7-11(10)13(14,15)16/h9-11H,2-8,17H2,1H3,(H,18,19). The van der Waals surface area contributed by atoms with E-state index in [1.807, 2.05) is 6.92 Å². The van der Waals surface area contributed by atoms with Crippen molar-refractivity contribution in [3.63, 3.8) is 0 Å². The maximum absolute atomic E-state index is 12.9. The molecule has 0 bridgehead atoms. The highest BCUT2D eigenvalue weighted by Crippen LogP contribution is 2.41. The van der Waals surface area contributed by atoms with E-state index in [0.717, 1.165) is 6.42 Å². The molecule has 0 heterocycles. The van der Waals surface area contributed by atoms with E-state index in [2.05, 4.69) is 5.32 Å². The molecule has 0 aromatic carbocycles. The van der Waals surface area contributed by atoms with Gasteiger partial charge in [0.15, 0.2) is 0 Å². The SMILES string of the molecule is CCCC(CN)NC(=O)C1CCCCC1C(F)(F)F. The third-order valence-corrected chi connectivity index (χ3v) is 3.79. The Hall–Kier alpha value is -0.780. The fourth-order valence-corrected chi connectivity index (χ4v) is 2.74. The molecule has 0 spiro atoms. The molecule has 6 heteroatoms. The molecule has 1 aliphatic rings. The van der Waals surface area contributed by atoms with E-state index in [0.29, 0.717) is 25.7 Å². The zero-order chi connectivity index (χ0) is 14.5. The molecule has 0 aromatic rings. The Balaban J connectivity index is 2.66. The normalized spacial score (nSPS) is 25.9. The van der Waals surface area contributed by atoms with Crippen LogP contribution in [0.1, 0.15) is 45.4 Å². The molecule has 1 saturated carbocycles. The number of rotatable bonds is 5. The molecule has 0 saturated heterocycles. The third-order valence-electron chi connectivity index (χ3n) is 3.79. The number of carbonyl (C=O) groups excluding carboxylic acids is 1. The molecule has 3 N–H and O–H groups in total. The zero-order valence-corrected chi connectivity index (χ0v) is 11.3. The maximum atomic E-state index is 12.9. The highest BCUT2D eigenvalue weighted by molar-refractivity contribution is 5.79. The van der Waals surface area contributed by atoms with Crippen molar-refractivity contribution in [3.05, 3.63) is 0 Å². The second-order valence-corrected chi connectivity index (χ2v) is 5.27. The Morgan fingerprint density at radius 2 is 2.00 bits per heavy atom. The summed E-state index contributed by atoms with van der Waals surface area (Å²) in [6.45, 7) is 2.22. The van der Waals surface area contributed by atoms with E-state index in [1.165, 1.54) is 0 Å². The van der Waals surface area contributed by atoms with E-state index in [1.54, 1.807) is 0 Å². The molecule has 0 aliphatic heterocycles. The van der Waals surface area contributed by atoms with Crippen molar-refractivity contribution >= 4 is 5.91 Å². The van der Waals surface area contributed by atoms with Gasteiger partial charge in [0, 0.05) is 18.5 Å². The van der Waals surface area contributed by atoms with E-state index in [9.17, 15) is 18.0 Å². The molecule has 19 heavy (non-hydrogen) atoms. The lowest BCUT2D eigenvalue weighted by Crippen LogP contribution is -2.47. The molecule has 3 atom stereocenters. The quantitative estimate of drug-likeness (QED) is 0.813. The first-order valence-corrected chi connectivity index (χ1v) is 6.97. The van der Waals surface area contributed by atoms with Crippen molar-refractivity contribution in [1.29, 1.82) is 0 Å². The number of nitrogens with two attached hydrogens (primary N) is 1. The topological polar surface area (TPSA) is 55.1 Å². The van der Waals surface area contributed by atoms with Crippen molar-refractivity contribution in [2.75, 3.05) is 6.54 Å². The number of amides is 1. The molecular formula is C13H23F3N2O. The van der Waals surface area contributed by atoms with Gasteiger partial charge in [-0.1, -0.05) is 26.2 Å². The average Bonchev–Trinajstić information content (AvgIpc) is 2.37. The lowest BCUT2D eigenvalue weighted by atomic mass is 9.78. The molecule has 0 aromatic heterocycles. The average molecular weight is 280 g/mol. The van der Waals surface area contributed by atoms with Gasteiger partial charge in [-0.2, -0.15) is 13.2 Å². The first-order chi connectivity index (χ1) is 8.90. The lowest BCUT2D eigenvalue weighted by Gasteiger charge is -2.33. The number of hydrogen-bond acceptors (Lipinski definition) is 2. The van der Waals surface area contributed by atoms with Crippen LogP contribution in [0.4, 0.5) is 13.2 Å². The molecular weight excluding hydrogens is 257 g/mol. The van der Waals surface area contributed by atoms with Gasteiger partial charge in [0.05, 0.1) is 5.92 Å². The molecule has 1 aliphatic carbocycles. The van der Waals surface area contributed by atoms with Gasteiger partial charge in [-0.15, -0.1) is 0 Å². The molecule has 3 unspecified atom stereocenters. The second kappa shape index (κ2) is 7.12. The van der Waals surface area contributed by atoms with Crippen LogP contribution in [-0.2, 0) is 4.79 Å². The van der Waals surface area contributed by atoms with E-state index < -0.39 is 23.9 Å². The minimum atomic E-state index is -4.29. The Bertz CT molecular complexity index is 294. The summed E-state index contributed by atoms with van der Waals surface area (Å²) in [6.07, 6.45) is -1.14. The minimum Gasteiger partial charge on any atom is -0.352 e. The van der Waals surface area contributed by atoms with E-state index in [-0.39, 0.29) is 19.0 Å². The zero-order valence-electron chi connectivity index (χ0n) is 11.3. The largest absolute Gasteiger partial charge is 0.392 e. The first kappa shape index (κ1) is 16.3. The molecule has 3 nitrogen and oxygen atoms in total. The minimum absolute atomic E-state index is 0.0582. The van der Waals surface area contributed by atoms with Crippen LogP contribution >= 0.6 is 0 Å². The van der Waals surface area contributed by atoms with Gasteiger partial charge in [-0.3, -0.25) is 4.79 Å². The Morgan fingerprint density at radius 1 is 1.37 bits per heavy atom. The van der Waals surface area contributed by atoms with Crippen LogP contribution in [0, 0.1) is 11.8 Å². The summed E-state index contributed by atoms with van der Waals surface area (Å²) in [5.74, 6) is -2.92. The molecule has 1 fully saturated rings. The lowest BCUT2D eigenvalue weighted by molar-refractivity contribution is -0.198. The van der Waals surface area contributed by atoms with Crippen LogP contribution in [0.15, 0.2) is 0 Å². The van der Waals surface area contributed by atoms with E-state index >= 15 is 0 Å². The number of carbonyl (C=O) groups is 1. The number of hydrogen-bond donors (Lipinski definition) is 2. The summed E-state index contributed by atoms with van der Waals surface area (Å²) in [6, 6.07) is -0.215. The van der Waals surface area contributed by atoms with Gasteiger partial charge >= 0.3 is 6.18 Å². The van der Waals surface area contributed by atoms with Crippen LogP contribution in [0.3, 0.4) is 0 Å². The highest BCUT2D eigenvalue weighted by Gasteiger charge is 2.48. The first-order valence-electron chi connectivity index (χ1n) is 6.97. The van der Waals surface area contributed by atoms with Gasteiger partial charge in [0.2, 0.25) is 5.91 Å². The summed E-state index contributed by atoms with van der Waals surface area (Å²) < 4.78 is 38.7. The van der Waals surface area contributed by atoms with Crippen molar-refractivity contribution in [1.82, 2.24) is 5.32 Å². The Labute approximate surface area is 112 Å². The smallest absolute Gasteiger partial charge is 0.352 e. The summed E-state index contributed by atoms with van der Waals surface area (Å²) in [4.78, 5) is 12.0.